The van der Waals surface area contributed by atoms with E-state index < -0.39 is 0 Å². The number of nitrogens with one attached hydrogen (secondary N) is 1. The highest BCUT2D eigenvalue weighted by Gasteiger charge is 2.07. The van der Waals surface area contributed by atoms with Crippen LogP contribution in [0.25, 0.3) is 0 Å². The highest BCUT2D eigenvalue weighted by molar-refractivity contribution is 9.10. The molecule has 1 aromatic rings. The fourth-order valence-electron chi connectivity index (χ4n) is 1.21. The van der Waals surface area contributed by atoms with Gasteiger partial charge in [-0.25, -0.2) is 0 Å². The minimum Gasteiger partial charge on any atom is -0.483 e. The molecular weight excluding hydrogens is 286 g/mol. The highest BCUT2D eigenvalue weighted by atomic mass is 79.9. The van der Waals surface area contributed by atoms with Crippen molar-refractivity contribution in [2.24, 2.45) is 0 Å². The zero-order valence-electron chi connectivity index (χ0n) is 9.70. The van der Waals surface area contributed by atoms with Crippen molar-refractivity contribution < 1.29 is 14.3 Å². The van der Waals surface area contributed by atoms with E-state index in [1.807, 2.05) is 13.8 Å². The summed E-state index contributed by atoms with van der Waals surface area (Å²) in [6.45, 7) is 3.72. The Balaban J connectivity index is 2.57. The number of carbonyl (C=O) groups excluding carboxylic acids is 2. The van der Waals surface area contributed by atoms with E-state index in [0.29, 0.717) is 15.8 Å². The highest BCUT2D eigenvalue weighted by Crippen LogP contribution is 2.25. The van der Waals surface area contributed by atoms with Crippen LogP contribution in [0.5, 0.6) is 5.75 Å². The number of amides is 1. The molecule has 0 radical (unpaired) electrons. The van der Waals surface area contributed by atoms with Gasteiger partial charge in [0, 0.05) is 11.6 Å². The predicted molar refractivity (Wildman–Crippen MR) is 68.3 cm³/mol. The molecule has 0 aliphatic heterocycles. The lowest BCUT2D eigenvalue weighted by Gasteiger charge is -2.10. The third kappa shape index (κ3) is 4.56. The maximum atomic E-state index is 11.4. The van der Waals surface area contributed by atoms with Gasteiger partial charge in [0.15, 0.2) is 6.61 Å². The van der Waals surface area contributed by atoms with E-state index in [4.69, 9.17) is 4.74 Å². The Hall–Kier alpha value is -1.36. The molecule has 0 heterocycles. The molecule has 0 saturated heterocycles. The van der Waals surface area contributed by atoms with E-state index >= 15 is 0 Å². The van der Waals surface area contributed by atoms with Crippen LogP contribution >= 0.6 is 15.9 Å². The zero-order chi connectivity index (χ0) is 12.8. The molecule has 0 bridgehead atoms. The van der Waals surface area contributed by atoms with E-state index in [9.17, 15) is 9.59 Å². The first-order valence-electron chi connectivity index (χ1n) is 5.20. The van der Waals surface area contributed by atoms with Crippen molar-refractivity contribution >= 4 is 28.1 Å². The molecule has 1 aromatic carbocycles. The number of benzene rings is 1. The minimum atomic E-state index is -0.175. The van der Waals surface area contributed by atoms with Gasteiger partial charge in [-0.2, -0.15) is 0 Å². The molecule has 1 rings (SSSR count). The fraction of sp³-hybridized carbons (Fsp3) is 0.333. The quantitative estimate of drug-likeness (QED) is 0.848. The summed E-state index contributed by atoms with van der Waals surface area (Å²) in [6, 6.07) is 5.01. The maximum Gasteiger partial charge on any atom is 0.258 e. The minimum absolute atomic E-state index is 0.0444. The second kappa shape index (κ2) is 6.39. The van der Waals surface area contributed by atoms with Gasteiger partial charge in [0.2, 0.25) is 0 Å². The number of hydrogen-bond acceptors (Lipinski definition) is 3. The van der Waals surface area contributed by atoms with Gasteiger partial charge >= 0.3 is 0 Å². The molecule has 0 atom stereocenters. The summed E-state index contributed by atoms with van der Waals surface area (Å²) in [6.07, 6.45) is 0.750. The second-order valence-electron chi connectivity index (χ2n) is 3.82. The van der Waals surface area contributed by atoms with Gasteiger partial charge in [-0.15, -0.1) is 0 Å². The third-order valence-electron chi connectivity index (χ3n) is 1.90. The SMILES string of the molecule is CC(C)NC(=O)COc1ccc(C=O)cc1Br. The standard InChI is InChI=1S/C12H14BrNO3/c1-8(2)14-12(16)7-17-11-4-3-9(6-15)5-10(11)13/h3-6,8H,7H2,1-2H3,(H,14,16). The van der Waals surface area contributed by atoms with Gasteiger partial charge in [0.25, 0.3) is 5.91 Å². The molecule has 0 aliphatic rings. The largest absolute Gasteiger partial charge is 0.483 e. The van der Waals surface area contributed by atoms with Crippen LogP contribution in [0, 0.1) is 0 Å². The van der Waals surface area contributed by atoms with Gasteiger partial charge in [-0.3, -0.25) is 9.59 Å². The van der Waals surface area contributed by atoms with Crippen LogP contribution in [0.4, 0.5) is 0 Å². The molecule has 0 spiro atoms. The Bertz CT molecular complexity index is 418. The van der Waals surface area contributed by atoms with E-state index in [0.717, 1.165) is 6.29 Å². The molecule has 1 N–H and O–H groups in total. The number of hydrogen-bond donors (Lipinski definition) is 1. The Morgan fingerprint density at radius 1 is 1.53 bits per heavy atom. The van der Waals surface area contributed by atoms with Gasteiger partial charge in [-0.1, -0.05) is 0 Å². The molecule has 1 amide bonds. The van der Waals surface area contributed by atoms with Gasteiger partial charge in [0.1, 0.15) is 12.0 Å². The summed E-state index contributed by atoms with van der Waals surface area (Å²) >= 11 is 3.27. The first-order chi connectivity index (χ1) is 8.02. The Morgan fingerprint density at radius 3 is 2.76 bits per heavy atom. The molecule has 0 aliphatic carbocycles. The van der Waals surface area contributed by atoms with Crippen molar-refractivity contribution in [3.63, 3.8) is 0 Å². The topological polar surface area (TPSA) is 55.4 Å². The number of carbonyl (C=O) groups is 2. The molecule has 92 valence electrons. The van der Waals surface area contributed by atoms with Crippen molar-refractivity contribution in [2.75, 3.05) is 6.61 Å². The van der Waals surface area contributed by atoms with Gasteiger partial charge in [0.05, 0.1) is 4.47 Å². The third-order valence-corrected chi connectivity index (χ3v) is 2.52. The summed E-state index contributed by atoms with van der Waals surface area (Å²) in [7, 11) is 0. The number of ether oxygens (including phenoxy) is 1. The van der Waals surface area contributed by atoms with Crippen LogP contribution in [-0.2, 0) is 4.79 Å². The Morgan fingerprint density at radius 2 is 2.24 bits per heavy atom. The summed E-state index contributed by atoms with van der Waals surface area (Å²) in [5, 5.41) is 2.72. The first-order valence-corrected chi connectivity index (χ1v) is 5.99. The predicted octanol–water partition coefficient (Wildman–Crippen LogP) is 2.17. The molecule has 0 unspecified atom stereocenters. The lowest BCUT2D eigenvalue weighted by Crippen LogP contribution is -2.34. The number of halogens is 1. The molecular formula is C12H14BrNO3. The number of aldehydes is 1. The maximum absolute atomic E-state index is 11.4. The van der Waals surface area contributed by atoms with Crippen molar-refractivity contribution in [2.45, 2.75) is 19.9 Å². The van der Waals surface area contributed by atoms with Crippen LogP contribution < -0.4 is 10.1 Å². The van der Waals surface area contributed by atoms with Crippen LogP contribution in [-0.4, -0.2) is 24.8 Å². The fourth-order valence-corrected chi connectivity index (χ4v) is 1.73. The normalized spacial score (nSPS) is 10.1. The molecule has 0 saturated carbocycles. The average molecular weight is 300 g/mol. The van der Waals surface area contributed by atoms with Crippen LogP contribution in [0.1, 0.15) is 24.2 Å². The van der Waals surface area contributed by atoms with Crippen molar-refractivity contribution in [3.8, 4) is 5.75 Å². The molecule has 0 aromatic heterocycles. The van der Waals surface area contributed by atoms with Crippen LogP contribution in [0.15, 0.2) is 22.7 Å². The summed E-state index contributed by atoms with van der Waals surface area (Å²) in [4.78, 5) is 21.9. The molecule has 17 heavy (non-hydrogen) atoms. The van der Waals surface area contributed by atoms with Crippen molar-refractivity contribution in [1.29, 1.82) is 0 Å². The van der Waals surface area contributed by atoms with Gasteiger partial charge in [-0.05, 0) is 48.0 Å². The molecule has 0 fully saturated rings. The van der Waals surface area contributed by atoms with E-state index in [1.54, 1.807) is 18.2 Å². The van der Waals surface area contributed by atoms with Crippen LogP contribution in [0.3, 0.4) is 0 Å². The van der Waals surface area contributed by atoms with Crippen molar-refractivity contribution in [3.05, 3.63) is 28.2 Å². The Labute approximate surface area is 108 Å². The lowest BCUT2D eigenvalue weighted by atomic mass is 10.2. The monoisotopic (exact) mass is 299 g/mol. The summed E-state index contributed by atoms with van der Waals surface area (Å²) in [5.74, 6) is 0.362. The average Bonchev–Trinajstić information content (AvgIpc) is 2.26. The van der Waals surface area contributed by atoms with Gasteiger partial charge < -0.3 is 10.1 Å². The first kappa shape index (κ1) is 13.7. The summed E-state index contributed by atoms with van der Waals surface area (Å²) in [5.41, 5.74) is 0.552. The van der Waals surface area contributed by atoms with E-state index in [-0.39, 0.29) is 18.6 Å². The smallest absolute Gasteiger partial charge is 0.258 e. The summed E-state index contributed by atoms with van der Waals surface area (Å²) < 4.78 is 5.98. The van der Waals surface area contributed by atoms with E-state index in [1.165, 1.54) is 0 Å². The van der Waals surface area contributed by atoms with E-state index in [2.05, 4.69) is 21.2 Å². The van der Waals surface area contributed by atoms with Crippen molar-refractivity contribution in [1.82, 2.24) is 5.32 Å². The molecule has 4 nitrogen and oxygen atoms in total. The second-order valence-corrected chi connectivity index (χ2v) is 4.67. The number of rotatable bonds is 5. The lowest BCUT2D eigenvalue weighted by molar-refractivity contribution is -0.123. The Kier molecular flexibility index (Phi) is 5.15. The zero-order valence-corrected chi connectivity index (χ0v) is 11.3. The molecule has 5 heteroatoms. The van der Waals surface area contributed by atoms with Crippen LogP contribution in [0.2, 0.25) is 0 Å².